The number of phenols is 3. The Morgan fingerprint density at radius 1 is 0.421 bits per heavy atom. The summed E-state index contributed by atoms with van der Waals surface area (Å²) >= 11 is 0. The van der Waals surface area contributed by atoms with Gasteiger partial charge in [0.05, 0.1) is 0 Å². The van der Waals surface area contributed by atoms with Crippen molar-refractivity contribution in [1.82, 2.24) is 0 Å². The second kappa shape index (κ2) is 12.7. The minimum absolute atomic E-state index is 0.223. The van der Waals surface area contributed by atoms with Crippen LogP contribution in [0.3, 0.4) is 0 Å². The second-order valence-electron chi connectivity index (χ2n) is 9.15. The number of phenolic OH excluding ortho intramolecular Hbond substituents is 3. The van der Waals surface area contributed by atoms with Crippen molar-refractivity contribution in [2.45, 2.75) is 31.6 Å². The Kier molecular flexibility index (Phi) is 9.77. The van der Waals surface area contributed by atoms with E-state index in [2.05, 4.69) is 45.0 Å². The summed E-state index contributed by atoms with van der Waals surface area (Å²) < 4.78 is 0. The number of rotatable bonds is 5. The van der Waals surface area contributed by atoms with Gasteiger partial charge in [-0.15, -0.1) is 0 Å². The molecule has 194 valence electrons. The molecule has 0 atom stereocenters. The standard InChI is InChI=1S/C29H28O3.2N3/c1-28(2,21-8-14-25(30)15-9-21)20-4-6-22(7-5-20)29(3,23-10-16-26(31)17-11-23)24-12-18-27(32)19-13-24;2*1-3-2/h4-19,30-32H,1-3H3;;/q;2*-1. The summed E-state index contributed by atoms with van der Waals surface area (Å²) in [6.45, 7) is 6.51. The first-order chi connectivity index (χ1) is 18.0. The molecule has 0 bridgehead atoms. The number of benzene rings is 4. The van der Waals surface area contributed by atoms with Crippen LogP contribution in [0.2, 0.25) is 0 Å². The maximum absolute atomic E-state index is 9.80. The van der Waals surface area contributed by atoms with E-state index in [9.17, 15) is 15.3 Å². The average Bonchev–Trinajstić information content (AvgIpc) is 2.90. The smallest absolute Gasteiger partial charge is 0.115 e. The summed E-state index contributed by atoms with van der Waals surface area (Å²) in [7, 11) is 0. The van der Waals surface area contributed by atoms with E-state index in [1.807, 2.05) is 36.4 Å². The van der Waals surface area contributed by atoms with Crippen molar-refractivity contribution in [3.05, 3.63) is 157 Å². The Labute approximate surface area is 221 Å². The molecule has 9 nitrogen and oxygen atoms in total. The van der Waals surface area contributed by atoms with E-state index in [-0.39, 0.29) is 22.7 Å². The summed E-state index contributed by atoms with van der Waals surface area (Å²) in [5, 5.41) is 29.2. The first-order valence-electron chi connectivity index (χ1n) is 11.5. The van der Waals surface area contributed by atoms with Crippen molar-refractivity contribution in [3.63, 3.8) is 0 Å². The molecule has 0 spiro atoms. The number of hydrogen-bond donors (Lipinski definition) is 3. The topological polar surface area (TPSA) is 178 Å². The zero-order chi connectivity index (χ0) is 28.3. The van der Waals surface area contributed by atoms with Gasteiger partial charge >= 0.3 is 0 Å². The lowest BCUT2D eigenvalue weighted by Gasteiger charge is -2.33. The summed E-state index contributed by atoms with van der Waals surface area (Å²) in [4.78, 5) is 3.00. The lowest BCUT2D eigenvalue weighted by molar-refractivity contribution is 0.473. The van der Waals surface area contributed by atoms with Crippen LogP contribution in [0.5, 0.6) is 17.2 Å². The molecule has 0 aliphatic heterocycles. The minimum Gasteiger partial charge on any atom is -0.508 e. The van der Waals surface area contributed by atoms with Gasteiger partial charge in [0.15, 0.2) is 0 Å². The van der Waals surface area contributed by atoms with E-state index in [1.165, 1.54) is 15.4 Å². The van der Waals surface area contributed by atoms with Crippen LogP contribution in [-0.4, -0.2) is 15.3 Å². The highest BCUT2D eigenvalue weighted by molar-refractivity contribution is 5.52. The van der Waals surface area contributed by atoms with Gasteiger partial charge in [0.2, 0.25) is 0 Å². The van der Waals surface area contributed by atoms with Gasteiger partial charge in [0, 0.05) is 10.8 Å². The third kappa shape index (κ3) is 6.56. The van der Waals surface area contributed by atoms with E-state index < -0.39 is 5.41 Å². The van der Waals surface area contributed by atoms with Crippen LogP contribution in [0.25, 0.3) is 31.9 Å². The molecule has 0 fully saturated rings. The van der Waals surface area contributed by atoms with Crippen LogP contribution in [0.4, 0.5) is 0 Å². The van der Waals surface area contributed by atoms with Gasteiger partial charge in [-0.3, -0.25) is 9.82 Å². The zero-order valence-electron chi connectivity index (χ0n) is 21.3. The van der Waals surface area contributed by atoms with Gasteiger partial charge in [-0.2, -0.15) is 0 Å². The Bertz CT molecular complexity index is 1330. The SMILES string of the molecule is CC(C)(c1ccc(O)cc1)c1ccc(C(C)(c2ccc(O)cc2)c2ccc(O)cc2)cc1.[N-]=[N+]=[N-].[N-]=[N+]=[N-]. The van der Waals surface area contributed by atoms with Crippen molar-refractivity contribution in [2.24, 2.45) is 0 Å². The fourth-order valence-electron chi connectivity index (χ4n) is 4.35. The lowest BCUT2D eigenvalue weighted by Crippen LogP contribution is -2.26. The molecule has 0 amide bonds. The van der Waals surface area contributed by atoms with Crippen molar-refractivity contribution in [3.8, 4) is 17.2 Å². The van der Waals surface area contributed by atoms with Crippen LogP contribution in [0, 0.1) is 0 Å². The molecule has 0 unspecified atom stereocenters. The van der Waals surface area contributed by atoms with Gasteiger partial charge in [0.1, 0.15) is 17.2 Å². The van der Waals surface area contributed by atoms with E-state index in [0.29, 0.717) is 0 Å². The molecule has 0 aromatic heterocycles. The second-order valence-corrected chi connectivity index (χ2v) is 9.15. The van der Waals surface area contributed by atoms with Crippen molar-refractivity contribution in [2.75, 3.05) is 0 Å². The van der Waals surface area contributed by atoms with Crippen LogP contribution in [-0.2, 0) is 10.8 Å². The summed E-state index contributed by atoms with van der Waals surface area (Å²) in [6, 6.07) is 30.5. The summed E-state index contributed by atoms with van der Waals surface area (Å²) in [6.07, 6.45) is 0. The van der Waals surface area contributed by atoms with Crippen LogP contribution in [0.1, 0.15) is 48.6 Å². The van der Waals surface area contributed by atoms with Crippen molar-refractivity contribution in [1.29, 1.82) is 0 Å². The predicted octanol–water partition coefficient (Wildman–Crippen LogP) is 8.22. The number of aromatic hydroxyl groups is 3. The average molecular weight is 509 g/mol. The van der Waals surface area contributed by atoms with E-state index in [1.54, 1.807) is 36.4 Å². The molecule has 38 heavy (non-hydrogen) atoms. The van der Waals surface area contributed by atoms with Gasteiger partial charge in [-0.05, 0) is 71.1 Å². The van der Waals surface area contributed by atoms with Crippen LogP contribution >= 0.6 is 0 Å². The number of hydrogen-bond acceptors (Lipinski definition) is 3. The van der Waals surface area contributed by atoms with Gasteiger partial charge in [0.25, 0.3) is 0 Å². The predicted molar refractivity (Wildman–Crippen MR) is 149 cm³/mol. The summed E-state index contributed by atoms with van der Waals surface area (Å²) in [5.41, 5.74) is 31.8. The molecule has 0 aliphatic rings. The largest absolute Gasteiger partial charge is 0.508 e. The Balaban J connectivity index is 0.000000773. The molecule has 9 heteroatoms. The maximum atomic E-state index is 9.80. The van der Waals surface area contributed by atoms with E-state index >= 15 is 0 Å². The third-order valence-electron chi connectivity index (χ3n) is 6.66. The Morgan fingerprint density at radius 3 is 0.868 bits per heavy atom. The highest BCUT2D eigenvalue weighted by atomic mass is 16.3. The molecule has 0 radical (unpaired) electrons. The highest BCUT2D eigenvalue weighted by Crippen LogP contribution is 2.41. The Morgan fingerprint density at radius 2 is 0.605 bits per heavy atom. The number of nitrogens with zero attached hydrogens (tertiary/aromatic N) is 6. The van der Waals surface area contributed by atoms with Crippen molar-refractivity contribution < 1.29 is 15.3 Å². The normalized spacial score (nSPS) is 10.5. The zero-order valence-corrected chi connectivity index (χ0v) is 21.3. The van der Waals surface area contributed by atoms with Gasteiger partial charge < -0.3 is 37.4 Å². The monoisotopic (exact) mass is 508 g/mol. The molecular formula is C29H28N6O3-2. The van der Waals surface area contributed by atoms with E-state index in [0.717, 1.165) is 22.3 Å². The molecule has 0 saturated carbocycles. The van der Waals surface area contributed by atoms with Crippen LogP contribution < -0.4 is 0 Å². The molecule has 4 aromatic rings. The van der Waals surface area contributed by atoms with Crippen LogP contribution in [0.15, 0.2) is 97.1 Å². The van der Waals surface area contributed by atoms with Gasteiger partial charge in [-0.25, -0.2) is 0 Å². The molecule has 0 saturated heterocycles. The maximum Gasteiger partial charge on any atom is 0.115 e. The highest BCUT2D eigenvalue weighted by Gasteiger charge is 2.32. The first kappa shape index (κ1) is 29.1. The molecular weight excluding hydrogens is 480 g/mol. The third-order valence-corrected chi connectivity index (χ3v) is 6.66. The van der Waals surface area contributed by atoms with E-state index in [4.69, 9.17) is 22.1 Å². The summed E-state index contributed by atoms with van der Waals surface area (Å²) in [5.74, 6) is 0.721. The molecule has 0 aliphatic carbocycles. The fraction of sp³-hybridized carbons (Fsp3) is 0.172. The molecule has 0 heterocycles. The minimum atomic E-state index is -0.470. The van der Waals surface area contributed by atoms with Crippen molar-refractivity contribution >= 4 is 0 Å². The first-order valence-corrected chi connectivity index (χ1v) is 11.5. The molecule has 3 N–H and O–H groups in total. The fourth-order valence-corrected chi connectivity index (χ4v) is 4.35. The Hall–Kier alpha value is -5.10. The molecule has 4 rings (SSSR count). The molecule has 4 aromatic carbocycles. The van der Waals surface area contributed by atoms with Gasteiger partial charge in [-0.1, -0.05) is 74.5 Å². The quantitative estimate of drug-likeness (QED) is 0.107. The lowest BCUT2D eigenvalue weighted by atomic mass is 9.70.